The van der Waals surface area contributed by atoms with E-state index in [9.17, 15) is 20.0 Å². The van der Waals surface area contributed by atoms with Crippen molar-refractivity contribution in [3.8, 4) is 5.75 Å². The number of carboxylic acid groups (broad SMARTS) is 1. The Hall–Kier alpha value is -3.42. The number of hydrazone groups is 1. The van der Waals surface area contributed by atoms with Crippen molar-refractivity contribution in [3.63, 3.8) is 0 Å². The van der Waals surface area contributed by atoms with E-state index in [1.54, 1.807) is 12.1 Å². The number of aromatic carboxylic acids is 1. The van der Waals surface area contributed by atoms with Gasteiger partial charge in [0.15, 0.2) is 0 Å². The normalized spacial score (nSPS) is 10.5. The van der Waals surface area contributed by atoms with Gasteiger partial charge in [-0.3, -0.25) is 15.5 Å². The van der Waals surface area contributed by atoms with Gasteiger partial charge in [-0.15, -0.1) is 0 Å². The van der Waals surface area contributed by atoms with Crippen LogP contribution in [0.15, 0.2) is 47.6 Å². The van der Waals surface area contributed by atoms with E-state index >= 15 is 0 Å². The molecule has 2 aromatic carbocycles. The summed E-state index contributed by atoms with van der Waals surface area (Å²) in [7, 11) is 0. The number of hydrogen-bond donors (Lipinski definition) is 3. The smallest absolute Gasteiger partial charge is 0.335 e. The third-order valence-corrected chi connectivity index (χ3v) is 2.73. The summed E-state index contributed by atoms with van der Waals surface area (Å²) in [6.45, 7) is 0. The lowest BCUT2D eigenvalue weighted by Crippen LogP contribution is -1.98. The molecule has 0 unspecified atom stereocenters. The second-order valence-corrected chi connectivity index (χ2v) is 4.26. The van der Waals surface area contributed by atoms with Crippen LogP contribution in [0, 0.1) is 10.1 Å². The Kier molecular flexibility index (Phi) is 4.33. The maximum atomic E-state index is 10.8. The van der Waals surface area contributed by atoms with Gasteiger partial charge in [0, 0.05) is 17.7 Å². The summed E-state index contributed by atoms with van der Waals surface area (Å²) in [5, 5.41) is 33.0. The summed E-state index contributed by atoms with van der Waals surface area (Å²) in [6.07, 6.45) is 1.20. The lowest BCUT2D eigenvalue weighted by molar-refractivity contribution is -0.384. The van der Waals surface area contributed by atoms with Gasteiger partial charge in [-0.2, -0.15) is 5.10 Å². The standard InChI is InChI=1S/C14H11N3O5/c18-13-5-4-12(17(21)22)7-10(13)8-15-16-11-3-1-2-9(6-11)14(19)20/h1-8,16,18H,(H,19,20)/b15-8-. The molecule has 0 atom stereocenters. The van der Waals surface area contributed by atoms with Crippen LogP contribution in [0.25, 0.3) is 0 Å². The highest BCUT2D eigenvalue weighted by Gasteiger charge is 2.08. The van der Waals surface area contributed by atoms with E-state index < -0.39 is 10.9 Å². The number of nitrogens with one attached hydrogen (secondary N) is 1. The van der Waals surface area contributed by atoms with Crippen molar-refractivity contribution >= 4 is 23.6 Å². The van der Waals surface area contributed by atoms with Crippen molar-refractivity contribution in [1.82, 2.24) is 0 Å². The molecule has 0 aliphatic rings. The van der Waals surface area contributed by atoms with E-state index in [0.29, 0.717) is 5.69 Å². The van der Waals surface area contributed by atoms with Crippen LogP contribution >= 0.6 is 0 Å². The molecular weight excluding hydrogens is 290 g/mol. The van der Waals surface area contributed by atoms with Gasteiger partial charge < -0.3 is 10.2 Å². The number of nitro groups is 1. The molecule has 0 saturated heterocycles. The second-order valence-electron chi connectivity index (χ2n) is 4.26. The van der Waals surface area contributed by atoms with Gasteiger partial charge in [0.25, 0.3) is 5.69 Å². The third kappa shape index (κ3) is 3.57. The first-order chi connectivity index (χ1) is 10.5. The highest BCUT2D eigenvalue weighted by atomic mass is 16.6. The summed E-state index contributed by atoms with van der Waals surface area (Å²) in [4.78, 5) is 20.9. The Balaban J connectivity index is 2.16. The second kappa shape index (κ2) is 6.35. The van der Waals surface area contributed by atoms with Gasteiger partial charge in [-0.1, -0.05) is 6.07 Å². The lowest BCUT2D eigenvalue weighted by Gasteiger charge is -2.02. The molecule has 0 heterocycles. The molecule has 0 aliphatic heterocycles. The first-order valence-corrected chi connectivity index (χ1v) is 6.07. The molecule has 0 aliphatic carbocycles. The Labute approximate surface area is 124 Å². The number of aromatic hydroxyl groups is 1. The highest BCUT2D eigenvalue weighted by Crippen LogP contribution is 2.21. The molecule has 0 fully saturated rings. The Morgan fingerprint density at radius 3 is 2.73 bits per heavy atom. The van der Waals surface area contributed by atoms with Crippen LogP contribution in [0.2, 0.25) is 0 Å². The molecule has 0 aromatic heterocycles. The van der Waals surface area contributed by atoms with E-state index in [2.05, 4.69) is 10.5 Å². The van der Waals surface area contributed by atoms with Crippen LogP contribution in [0.5, 0.6) is 5.75 Å². The maximum Gasteiger partial charge on any atom is 0.335 e. The first-order valence-electron chi connectivity index (χ1n) is 6.07. The van der Waals surface area contributed by atoms with E-state index in [1.807, 2.05) is 0 Å². The molecule has 0 amide bonds. The van der Waals surface area contributed by atoms with E-state index in [4.69, 9.17) is 5.11 Å². The molecule has 3 N–H and O–H groups in total. The number of non-ortho nitro benzene ring substituents is 1. The van der Waals surface area contributed by atoms with Crippen molar-refractivity contribution in [2.24, 2.45) is 5.10 Å². The van der Waals surface area contributed by atoms with E-state index in [0.717, 1.165) is 0 Å². The molecule has 0 saturated carbocycles. The molecule has 22 heavy (non-hydrogen) atoms. The van der Waals surface area contributed by atoms with Crippen LogP contribution in [0.3, 0.4) is 0 Å². The number of nitro benzene ring substituents is 1. The zero-order valence-electron chi connectivity index (χ0n) is 11.1. The van der Waals surface area contributed by atoms with Crippen LogP contribution in [-0.2, 0) is 0 Å². The molecule has 0 spiro atoms. The zero-order chi connectivity index (χ0) is 16.1. The fourth-order valence-corrected chi connectivity index (χ4v) is 1.66. The molecule has 0 radical (unpaired) electrons. The third-order valence-electron chi connectivity index (χ3n) is 2.73. The number of carbonyl (C=O) groups is 1. The largest absolute Gasteiger partial charge is 0.507 e. The number of phenols is 1. The molecule has 8 heteroatoms. The van der Waals surface area contributed by atoms with Gasteiger partial charge in [-0.25, -0.2) is 4.79 Å². The fraction of sp³-hybridized carbons (Fsp3) is 0. The number of carboxylic acids is 1. The Morgan fingerprint density at radius 1 is 1.27 bits per heavy atom. The molecule has 2 aromatic rings. The summed E-state index contributed by atoms with van der Waals surface area (Å²) in [5.41, 5.74) is 3.11. The predicted molar refractivity (Wildman–Crippen MR) is 79.4 cm³/mol. The lowest BCUT2D eigenvalue weighted by atomic mass is 10.2. The number of rotatable bonds is 5. The quantitative estimate of drug-likeness (QED) is 0.442. The number of anilines is 1. The van der Waals surface area contributed by atoms with Gasteiger partial charge in [0.2, 0.25) is 0 Å². The maximum absolute atomic E-state index is 10.8. The predicted octanol–water partition coefficient (Wildman–Crippen LogP) is 2.44. The Morgan fingerprint density at radius 2 is 2.05 bits per heavy atom. The minimum Gasteiger partial charge on any atom is -0.507 e. The van der Waals surface area contributed by atoms with Crippen LogP contribution in [0.1, 0.15) is 15.9 Å². The summed E-state index contributed by atoms with van der Waals surface area (Å²) >= 11 is 0. The van der Waals surface area contributed by atoms with Crippen molar-refractivity contribution in [1.29, 1.82) is 0 Å². The Bertz CT molecular complexity index is 758. The van der Waals surface area contributed by atoms with Gasteiger partial charge in [0.05, 0.1) is 22.4 Å². The van der Waals surface area contributed by atoms with Crippen LogP contribution in [0.4, 0.5) is 11.4 Å². The molecule has 0 bridgehead atoms. The summed E-state index contributed by atoms with van der Waals surface area (Å²) in [5.74, 6) is -1.22. The minimum absolute atomic E-state index is 0.0957. The molecule has 112 valence electrons. The molecule has 8 nitrogen and oxygen atoms in total. The first kappa shape index (κ1) is 15.0. The van der Waals surface area contributed by atoms with Crippen molar-refractivity contribution in [2.75, 3.05) is 5.43 Å². The van der Waals surface area contributed by atoms with Gasteiger partial charge in [-0.05, 0) is 24.3 Å². The zero-order valence-corrected chi connectivity index (χ0v) is 11.1. The minimum atomic E-state index is -1.07. The van der Waals surface area contributed by atoms with Crippen molar-refractivity contribution in [3.05, 3.63) is 63.7 Å². The van der Waals surface area contributed by atoms with Gasteiger partial charge in [0.1, 0.15) is 5.75 Å². The highest BCUT2D eigenvalue weighted by molar-refractivity contribution is 5.89. The molecular formula is C14H11N3O5. The van der Waals surface area contributed by atoms with Gasteiger partial charge >= 0.3 is 5.97 Å². The van der Waals surface area contributed by atoms with Crippen molar-refractivity contribution < 1.29 is 19.9 Å². The fourth-order valence-electron chi connectivity index (χ4n) is 1.66. The molecule has 2 rings (SSSR count). The summed E-state index contributed by atoms with van der Waals surface area (Å²) in [6, 6.07) is 9.52. The monoisotopic (exact) mass is 301 g/mol. The van der Waals surface area contributed by atoms with Crippen LogP contribution in [-0.4, -0.2) is 27.3 Å². The van der Waals surface area contributed by atoms with Crippen LogP contribution < -0.4 is 5.43 Å². The van der Waals surface area contributed by atoms with E-state index in [1.165, 1.54) is 36.5 Å². The van der Waals surface area contributed by atoms with E-state index in [-0.39, 0.29) is 22.6 Å². The number of benzene rings is 2. The van der Waals surface area contributed by atoms with Crippen molar-refractivity contribution in [2.45, 2.75) is 0 Å². The number of nitrogens with zero attached hydrogens (tertiary/aromatic N) is 2. The average molecular weight is 301 g/mol. The average Bonchev–Trinajstić information content (AvgIpc) is 2.49. The number of hydrogen-bond acceptors (Lipinski definition) is 6. The SMILES string of the molecule is O=C(O)c1cccc(N/N=C\c2cc([N+](=O)[O-])ccc2O)c1. The topological polar surface area (TPSA) is 125 Å². The summed E-state index contributed by atoms with van der Waals surface area (Å²) < 4.78 is 0. The number of phenolic OH excluding ortho intramolecular Hbond substituents is 1.